The fraction of sp³-hybridized carbons (Fsp3) is 0.316. The van der Waals surface area contributed by atoms with E-state index in [-0.39, 0.29) is 6.61 Å². The molecule has 0 fully saturated rings. The molecule has 3 rings (SSSR count). The number of hydrogen-bond donors (Lipinski definition) is 1. The zero-order valence-electron chi connectivity index (χ0n) is 13.0. The summed E-state index contributed by atoms with van der Waals surface area (Å²) in [7, 11) is 0. The molecule has 114 valence electrons. The average molecular weight is 294 g/mol. The molecule has 0 amide bonds. The first kappa shape index (κ1) is 14.8. The summed E-state index contributed by atoms with van der Waals surface area (Å²) in [5.41, 5.74) is 4.45. The highest BCUT2D eigenvalue weighted by Crippen LogP contribution is 2.19. The Balaban J connectivity index is 1.95. The molecule has 0 unspecified atom stereocenters. The molecular weight excluding hydrogens is 272 g/mol. The van der Waals surface area contributed by atoms with Crippen LogP contribution in [-0.4, -0.2) is 14.7 Å². The van der Waals surface area contributed by atoms with Crippen LogP contribution in [0.25, 0.3) is 11.0 Å². The van der Waals surface area contributed by atoms with Crippen LogP contribution in [0.4, 0.5) is 0 Å². The maximum atomic E-state index is 9.15. The standard InChI is InChI=1S/C19H22N2O/c1-2-3-8-19-20-17-6-4-5-7-18(17)21(19)13-15-9-11-16(14-22)12-10-15/h4-7,9-12,22H,2-3,8,13-14H2,1H3. The van der Waals surface area contributed by atoms with Crippen molar-refractivity contribution < 1.29 is 5.11 Å². The van der Waals surface area contributed by atoms with Crippen molar-refractivity contribution in [2.45, 2.75) is 39.3 Å². The third kappa shape index (κ3) is 3.04. The van der Waals surface area contributed by atoms with Gasteiger partial charge in [0, 0.05) is 13.0 Å². The van der Waals surface area contributed by atoms with E-state index in [0.717, 1.165) is 36.3 Å². The SMILES string of the molecule is CCCCc1nc2ccccc2n1Cc1ccc(CO)cc1. The van der Waals surface area contributed by atoms with Crippen molar-refractivity contribution in [2.24, 2.45) is 0 Å². The van der Waals surface area contributed by atoms with Gasteiger partial charge >= 0.3 is 0 Å². The maximum absolute atomic E-state index is 9.15. The van der Waals surface area contributed by atoms with Crippen LogP contribution in [-0.2, 0) is 19.6 Å². The highest BCUT2D eigenvalue weighted by molar-refractivity contribution is 5.76. The Morgan fingerprint density at radius 1 is 1.00 bits per heavy atom. The molecule has 0 radical (unpaired) electrons. The third-order valence-electron chi connectivity index (χ3n) is 4.03. The molecule has 0 aliphatic rings. The van der Waals surface area contributed by atoms with Gasteiger partial charge < -0.3 is 9.67 Å². The first-order chi connectivity index (χ1) is 10.8. The van der Waals surface area contributed by atoms with E-state index in [1.54, 1.807) is 0 Å². The van der Waals surface area contributed by atoms with Gasteiger partial charge in [0.1, 0.15) is 5.82 Å². The molecule has 0 aliphatic heterocycles. The second-order valence-electron chi connectivity index (χ2n) is 5.68. The van der Waals surface area contributed by atoms with Gasteiger partial charge in [0.05, 0.1) is 17.6 Å². The largest absolute Gasteiger partial charge is 0.392 e. The first-order valence-electron chi connectivity index (χ1n) is 7.94. The number of fused-ring (bicyclic) bond motifs is 1. The smallest absolute Gasteiger partial charge is 0.110 e. The molecule has 0 spiro atoms. The molecule has 3 heteroatoms. The third-order valence-corrected chi connectivity index (χ3v) is 4.03. The molecule has 3 nitrogen and oxygen atoms in total. The number of aliphatic hydroxyl groups excluding tert-OH is 1. The Bertz CT molecular complexity index is 744. The number of benzene rings is 2. The summed E-state index contributed by atoms with van der Waals surface area (Å²) >= 11 is 0. The number of aliphatic hydroxyl groups is 1. The lowest BCUT2D eigenvalue weighted by Crippen LogP contribution is -2.05. The number of para-hydroxylation sites is 2. The topological polar surface area (TPSA) is 38.0 Å². The Hall–Kier alpha value is -2.13. The molecule has 0 aliphatic carbocycles. The zero-order chi connectivity index (χ0) is 15.4. The van der Waals surface area contributed by atoms with Gasteiger partial charge in [0.25, 0.3) is 0 Å². The molecule has 0 saturated heterocycles. The molecule has 1 aromatic heterocycles. The van der Waals surface area contributed by atoms with Crippen molar-refractivity contribution in [3.05, 3.63) is 65.5 Å². The number of aromatic nitrogens is 2. The second kappa shape index (κ2) is 6.75. The summed E-state index contributed by atoms with van der Waals surface area (Å²) < 4.78 is 2.32. The van der Waals surface area contributed by atoms with Gasteiger partial charge in [-0.05, 0) is 29.7 Å². The van der Waals surface area contributed by atoms with E-state index in [0.29, 0.717) is 0 Å². The van der Waals surface area contributed by atoms with E-state index in [9.17, 15) is 0 Å². The molecule has 1 heterocycles. The summed E-state index contributed by atoms with van der Waals surface area (Å²) in [6, 6.07) is 16.5. The molecule has 0 bridgehead atoms. The molecule has 0 atom stereocenters. The van der Waals surface area contributed by atoms with Crippen molar-refractivity contribution in [3.63, 3.8) is 0 Å². The van der Waals surface area contributed by atoms with Crippen LogP contribution >= 0.6 is 0 Å². The zero-order valence-corrected chi connectivity index (χ0v) is 13.0. The monoisotopic (exact) mass is 294 g/mol. The first-order valence-corrected chi connectivity index (χ1v) is 7.94. The van der Waals surface area contributed by atoms with Crippen LogP contribution in [0.3, 0.4) is 0 Å². The van der Waals surface area contributed by atoms with Gasteiger partial charge in [-0.25, -0.2) is 4.98 Å². The Kier molecular flexibility index (Phi) is 4.54. The van der Waals surface area contributed by atoms with Crippen LogP contribution in [0.1, 0.15) is 36.7 Å². The summed E-state index contributed by atoms with van der Waals surface area (Å²) in [6.45, 7) is 3.13. The predicted molar refractivity (Wildman–Crippen MR) is 89.8 cm³/mol. The normalized spacial score (nSPS) is 11.2. The summed E-state index contributed by atoms with van der Waals surface area (Å²) in [4.78, 5) is 4.80. The van der Waals surface area contributed by atoms with Gasteiger partial charge in [-0.1, -0.05) is 49.7 Å². The van der Waals surface area contributed by atoms with E-state index in [1.165, 1.54) is 17.5 Å². The number of nitrogens with zero attached hydrogens (tertiary/aromatic N) is 2. The number of imidazole rings is 1. The van der Waals surface area contributed by atoms with Crippen molar-refractivity contribution in [1.29, 1.82) is 0 Å². The molecule has 1 N–H and O–H groups in total. The van der Waals surface area contributed by atoms with Gasteiger partial charge in [0.2, 0.25) is 0 Å². The van der Waals surface area contributed by atoms with E-state index in [2.05, 4.69) is 41.8 Å². The quantitative estimate of drug-likeness (QED) is 0.748. The van der Waals surface area contributed by atoms with Crippen molar-refractivity contribution in [2.75, 3.05) is 0 Å². The molecule has 3 aromatic rings. The minimum atomic E-state index is 0.0933. The Morgan fingerprint density at radius 3 is 2.45 bits per heavy atom. The number of rotatable bonds is 6. The van der Waals surface area contributed by atoms with Crippen LogP contribution in [0.5, 0.6) is 0 Å². The maximum Gasteiger partial charge on any atom is 0.110 e. The summed E-state index contributed by atoms with van der Waals surface area (Å²) in [5.74, 6) is 1.16. The van der Waals surface area contributed by atoms with Crippen molar-refractivity contribution in [3.8, 4) is 0 Å². The molecule has 22 heavy (non-hydrogen) atoms. The van der Waals surface area contributed by atoms with Gasteiger partial charge in [0.15, 0.2) is 0 Å². The Morgan fingerprint density at radius 2 is 1.73 bits per heavy atom. The van der Waals surface area contributed by atoms with Crippen LogP contribution < -0.4 is 0 Å². The highest BCUT2D eigenvalue weighted by atomic mass is 16.3. The molecular formula is C19H22N2O. The van der Waals surface area contributed by atoms with Crippen LogP contribution in [0.2, 0.25) is 0 Å². The lowest BCUT2D eigenvalue weighted by molar-refractivity contribution is 0.282. The minimum absolute atomic E-state index is 0.0933. The second-order valence-corrected chi connectivity index (χ2v) is 5.68. The minimum Gasteiger partial charge on any atom is -0.392 e. The average Bonchev–Trinajstić information content (AvgIpc) is 2.91. The van der Waals surface area contributed by atoms with Crippen LogP contribution in [0.15, 0.2) is 48.5 Å². The van der Waals surface area contributed by atoms with Gasteiger partial charge in [-0.15, -0.1) is 0 Å². The number of aryl methyl sites for hydroxylation is 1. The molecule has 0 saturated carbocycles. The summed E-state index contributed by atoms with van der Waals surface area (Å²) in [5, 5.41) is 9.15. The fourth-order valence-corrected chi connectivity index (χ4v) is 2.76. The number of unbranched alkanes of at least 4 members (excludes halogenated alkanes) is 1. The van der Waals surface area contributed by atoms with E-state index < -0.39 is 0 Å². The highest BCUT2D eigenvalue weighted by Gasteiger charge is 2.10. The van der Waals surface area contributed by atoms with Gasteiger partial charge in [-0.3, -0.25) is 0 Å². The Labute approximate surface area is 131 Å². The van der Waals surface area contributed by atoms with Crippen molar-refractivity contribution in [1.82, 2.24) is 9.55 Å². The van der Waals surface area contributed by atoms with E-state index >= 15 is 0 Å². The van der Waals surface area contributed by atoms with Gasteiger partial charge in [-0.2, -0.15) is 0 Å². The molecule has 2 aromatic carbocycles. The lowest BCUT2D eigenvalue weighted by Gasteiger charge is -2.10. The van der Waals surface area contributed by atoms with E-state index in [1.807, 2.05) is 18.2 Å². The summed E-state index contributed by atoms with van der Waals surface area (Å²) in [6.07, 6.45) is 3.35. The van der Waals surface area contributed by atoms with E-state index in [4.69, 9.17) is 10.1 Å². The van der Waals surface area contributed by atoms with Crippen molar-refractivity contribution >= 4 is 11.0 Å². The number of hydrogen-bond acceptors (Lipinski definition) is 2. The predicted octanol–water partition coefficient (Wildman–Crippen LogP) is 3.92. The fourth-order valence-electron chi connectivity index (χ4n) is 2.76. The lowest BCUT2D eigenvalue weighted by atomic mass is 10.1. The van der Waals surface area contributed by atoms with Crippen LogP contribution in [0, 0.1) is 0 Å².